The summed E-state index contributed by atoms with van der Waals surface area (Å²) in [6.07, 6.45) is 7.13. The minimum atomic E-state index is -1.43. The molecule has 6 N–H and O–H groups in total. The van der Waals surface area contributed by atoms with E-state index in [1.807, 2.05) is 0 Å². The van der Waals surface area contributed by atoms with Crippen LogP contribution in [0, 0.1) is 0 Å². The Bertz CT molecular complexity index is 1110. The predicted molar refractivity (Wildman–Crippen MR) is 136 cm³/mol. The summed E-state index contributed by atoms with van der Waals surface area (Å²) in [6.45, 7) is 0.730. The fourth-order valence-electron chi connectivity index (χ4n) is 3.67. The average Bonchev–Trinajstić information content (AvgIpc) is 2.92. The second kappa shape index (κ2) is 14.0. The number of carbonyl (C=O) groups excluding carboxylic acids is 6. The van der Waals surface area contributed by atoms with E-state index in [1.54, 1.807) is 4.90 Å². The zero-order chi connectivity index (χ0) is 29.2. The van der Waals surface area contributed by atoms with Gasteiger partial charge in [0.25, 0.3) is 0 Å². The molecule has 0 aliphatic carbocycles. The number of aliphatic hydroxyl groups excluding tert-OH is 3. The third kappa shape index (κ3) is 7.76. The van der Waals surface area contributed by atoms with Gasteiger partial charge in [-0.05, 0) is 36.5 Å². The zero-order valence-corrected chi connectivity index (χ0v) is 21.3. The second-order valence-electron chi connectivity index (χ2n) is 8.60. The van der Waals surface area contributed by atoms with Crippen molar-refractivity contribution >= 4 is 54.5 Å². The maximum Gasteiger partial charge on any atom is 0.498 e. The van der Waals surface area contributed by atoms with E-state index in [0.717, 1.165) is 13.7 Å². The molecule has 3 heterocycles. The normalized spacial score (nSPS) is 22.1. The van der Waals surface area contributed by atoms with Gasteiger partial charge in [-0.1, -0.05) is 0 Å². The molecule has 3 aliphatic rings. The predicted octanol–water partition coefficient (Wildman–Crippen LogP) is -3.96. The summed E-state index contributed by atoms with van der Waals surface area (Å²) in [4.78, 5) is 74.7. The average molecular weight is 561 g/mol. The van der Waals surface area contributed by atoms with Crippen LogP contribution in [0.1, 0.15) is 0 Å². The number of hydrogen-bond donors (Lipinski definition) is 6. The monoisotopic (exact) mass is 560 g/mol. The lowest BCUT2D eigenvalue weighted by molar-refractivity contribution is -0.362. The van der Waals surface area contributed by atoms with E-state index < -0.39 is 54.1 Å². The van der Waals surface area contributed by atoms with Crippen LogP contribution < -0.4 is 16.0 Å². The van der Waals surface area contributed by atoms with Gasteiger partial charge >= 0.3 is 35.8 Å². The fraction of sp³-hybridized carbons (Fsp3) is 0.375. The van der Waals surface area contributed by atoms with E-state index >= 15 is 0 Å². The summed E-state index contributed by atoms with van der Waals surface area (Å²) in [7, 11) is 0. The molecule has 16 heteroatoms. The van der Waals surface area contributed by atoms with Crippen LogP contribution in [0.25, 0.3) is 0 Å². The number of allylic oxidation sites excluding steroid dienone is 3. The molecule has 0 saturated carbocycles. The van der Waals surface area contributed by atoms with Crippen molar-refractivity contribution in [1.29, 1.82) is 0 Å². The number of rotatable bonds is 9. The molecule has 16 nitrogen and oxygen atoms in total. The van der Waals surface area contributed by atoms with Crippen LogP contribution in [0.2, 0.25) is 0 Å². The molecule has 9 amide bonds. The minimum Gasteiger partial charge on any atom is -0.377 e. The summed E-state index contributed by atoms with van der Waals surface area (Å²) >= 11 is 0. The largest absolute Gasteiger partial charge is 0.498 e. The van der Waals surface area contributed by atoms with Gasteiger partial charge in [-0.2, -0.15) is 14.4 Å². The van der Waals surface area contributed by atoms with Crippen LogP contribution >= 0.6 is 0 Å². The Hall–Kier alpha value is -4.51. The SMILES string of the molecule is O=C(NCCN(CCNC(=O)[N+]1=CC=CC(O)C1=O)CCNC(=O)[N+]1=CC=CC(O)C1=O)[N+]1=CC=CC(O)C1=O. The number of aliphatic hydroxyl groups is 3. The Labute approximate surface area is 227 Å². The van der Waals surface area contributed by atoms with E-state index in [2.05, 4.69) is 16.0 Å². The fourth-order valence-corrected chi connectivity index (χ4v) is 3.67. The number of amides is 9. The maximum absolute atomic E-state index is 12.4. The van der Waals surface area contributed by atoms with Crippen LogP contribution in [0.5, 0.6) is 0 Å². The van der Waals surface area contributed by atoms with Gasteiger partial charge < -0.3 is 15.3 Å². The maximum atomic E-state index is 12.4. The van der Waals surface area contributed by atoms with Crippen molar-refractivity contribution in [2.24, 2.45) is 0 Å². The first-order chi connectivity index (χ1) is 19.1. The van der Waals surface area contributed by atoms with Crippen molar-refractivity contribution in [3.05, 3.63) is 36.5 Å². The molecule has 0 saturated heterocycles. The molecule has 0 fully saturated rings. The molecular formula is C24H30N7O9+3. The van der Waals surface area contributed by atoms with Gasteiger partial charge in [-0.15, -0.1) is 13.7 Å². The minimum absolute atomic E-state index is 0.0446. The van der Waals surface area contributed by atoms with Gasteiger partial charge in [0.1, 0.15) is 18.6 Å². The lowest BCUT2D eigenvalue weighted by Crippen LogP contribution is -2.49. The Morgan fingerprint density at radius 1 is 0.600 bits per heavy atom. The summed E-state index contributed by atoms with van der Waals surface area (Å²) in [6, 6.07) is -2.27. The molecule has 0 aromatic rings. The highest BCUT2D eigenvalue weighted by Gasteiger charge is 2.32. The van der Waals surface area contributed by atoms with Crippen LogP contribution in [-0.2, 0) is 14.4 Å². The van der Waals surface area contributed by atoms with Gasteiger partial charge in [0.05, 0.1) is 19.6 Å². The summed E-state index contributed by atoms with van der Waals surface area (Å²) in [5, 5.41) is 36.4. The van der Waals surface area contributed by atoms with Gasteiger partial charge in [-0.3, -0.25) is 4.90 Å². The van der Waals surface area contributed by atoms with Crippen LogP contribution in [-0.4, -0.2) is 146 Å². The summed E-state index contributed by atoms with van der Waals surface area (Å²) in [5.74, 6) is -2.43. The third-order valence-corrected chi connectivity index (χ3v) is 5.83. The van der Waals surface area contributed by atoms with E-state index in [-0.39, 0.29) is 39.3 Å². The molecule has 3 rings (SSSR count). The Morgan fingerprint density at radius 3 is 1.15 bits per heavy atom. The first kappa shape index (κ1) is 30.0. The van der Waals surface area contributed by atoms with Crippen molar-refractivity contribution in [3.8, 4) is 0 Å². The third-order valence-electron chi connectivity index (χ3n) is 5.83. The summed E-state index contributed by atoms with van der Waals surface area (Å²) in [5.41, 5.74) is 0. The highest BCUT2D eigenvalue weighted by Crippen LogP contribution is 1.99. The standard InChI is InChI=1S/C24H27N7O9/c32-16-4-1-10-29(19(16)35)22(38)25-7-13-28(14-8-26-23(39)30-11-2-5-17(33)20(30)36)15-9-27-24(40)31-12-3-6-18(34)21(31)37/h1-6,10-12,16-18,32-34H,7-9,13-15H2/p+3. The van der Waals surface area contributed by atoms with E-state index in [0.29, 0.717) is 0 Å². The first-order valence-electron chi connectivity index (χ1n) is 12.2. The molecule has 212 valence electrons. The van der Waals surface area contributed by atoms with Crippen molar-refractivity contribution in [3.63, 3.8) is 0 Å². The number of carbonyl (C=O) groups is 6. The van der Waals surface area contributed by atoms with Crippen LogP contribution in [0.3, 0.4) is 0 Å². The molecule has 3 aliphatic heterocycles. The Kier molecular flexibility index (Phi) is 10.5. The number of hydrogen-bond acceptors (Lipinski definition) is 10. The molecule has 40 heavy (non-hydrogen) atoms. The smallest absolute Gasteiger partial charge is 0.377 e. The van der Waals surface area contributed by atoms with Gasteiger partial charge in [-0.25, -0.2) is 30.3 Å². The molecule has 0 aromatic carbocycles. The second-order valence-corrected chi connectivity index (χ2v) is 8.60. The number of imide groups is 3. The lowest BCUT2D eigenvalue weighted by atomic mass is 10.2. The van der Waals surface area contributed by atoms with E-state index in [9.17, 15) is 44.1 Å². The van der Waals surface area contributed by atoms with Gasteiger partial charge in [0.2, 0.25) is 0 Å². The Balaban J connectivity index is 1.54. The van der Waals surface area contributed by atoms with Gasteiger partial charge in [0.15, 0.2) is 18.3 Å². The van der Waals surface area contributed by atoms with Crippen molar-refractivity contribution in [2.75, 3.05) is 39.3 Å². The Morgan fingerprint density at radius 2 is 0.875 bits per heavy atom. The van der Waals surface area contributed by atoms with Crippen molar-refractivity contribution in [1.82, 2.24) is 20.9 Å². The molecule has 0 aromatic heterocycles. The first-order valence-corrected chi connectivity index (χ1v) is 12.2. The van der Waals surface area contributed by atoms with E-state index in [1.165, 1.54) is 55.1 Å². The molecule has 0 bridgehead atoms. The number of urea groups is 3. The number of nitrogens with zero attached hydrogens (tertiary/aromatic N) is 4. The van der Waals surface area contributed by atoms with Crippen LogP contribution in [0.4, 0.5) is 14.4 Å². The summed E-state index contributed by atoms with van der Waals surface area (Å²) < 4.78 is 2.21. The highest BCUT2D eigenvalue weighted by molar-refractivity contribution is 5.95. The number of nitrogens with one attached hydrogen (secondary N) is 3. The lowest BCUT2D eigenvalue weighted by Gasteiger charge is -2.20. The molecule has 3 atom stereocenters. The molecule has 0 radical (unpaired) electrons. The molecular weight excluding hydrogens is 530 g/mol. The zero-order valence-electron chi connectivity index (χ0n) is 21.3. The highest BCUT2D eigenvalue weighted by atomic mass is 16.3. The van der Waals surface area contributed by atoms with Crippen molar-refractivity contribution < 1.29 is 57.8 Å². The molecule has 3 unspecified atom stereocenters. The quantitative estimate of drug-likeness (QED) is 0.151. The van der Waals surface area contributed by atoms with Gasteiger partial charge in [0, 0.05) is 19.6 Å². The van der Waals surface area contributed by atoms with Crippen LogP contribution in [0.15, 0.2) is 36.5 Å². The van der Waals surface area contributed by atoms with Crippen molar-refractivity contribution in [2.45, 2.75) is 18.3 Å². The van der Waals surface area contributed by atoms with E-state index in [4.69, 9.17) is 0 Å². The molecule has 0 spiro atoms. The topological polar surface area (TPSA) is 211 Å².